The van der Waals surface area contributed by atoms with Gasteiger partial charge in [-0.05, 0) is 38.1 Å². The zero-order valence-electron chi connectivity index (χ0n) is 7.58. The lowest BCUT2D eigenvalue weighted by Gasteiger charge is -2.07. The normalized spacial score (nSPS) is 12.9. The van der Waals surface area contributed by atoms with Gasteiger partial charge < -0.3 is 4.72 Å². The van der Waals surface area contributed by atoms with E-state index in [1.807, 2.05) is 13.8 Å². The molecule has 0 aliphatic carbocycles. The van der Waals surface area contributed by atoms with Crippen molar-refractivity contribution in [3.05, 3.63) is 30.1 Å². The zero-order valence-corrected chi connectivity index (χ0v) is 8.40. The minimum atomic E-state index is -1.10. The average Bonchev–Trinajstić information content (AvgIpc) is 2.08. The lowest BCUT2D eigenvalue weighted by atomic mass is 10.3. The van der Waals surface area contributed by atoms with Crippen LogP contribution in [0.2, 0.25) is 0 Å². The summed E-state index contributed by atoms with van der Waals surface area (Å²) < 4.78 is 26.6. The number of nitrogens with one attached hydrogen (secondary N) is 1. The van der Waals surface area contributed by atoms with Crippen LogP contribution < -0.4 is 4.72 Å². The van der Waals surface area contributed by atoms with E-state index in [9.17, 15) is 8.60 Å². The van der Waals surface area contributed by atoms with Crippen molar-refractivity contribution < 1.29 is 8.60 Å². The highest BCUT2D eigenvalue weighted by atomic mass is 32.2. The Morgan fingerprint density at radius 1 is 1.31 bits per heavy atom. The second kappa shape index (κ2) is 4.37. The van der Waals surface area contributed by atoms with Gasteiger partial charge in [-0.2, -0.15) is 0 Å². The molecule has 1 unspecified atom stereocenters. The van der Waals surface area contributed by atoms with Crippen molar-refractivity contribution in [1.29, 1.82) is 0 Å². The molecule has 1 rings (SSSR count). The Balaban J connectivity index is 2.65. The zero-order chi connectivity index (χ0) is 9.84. The molecular weight excluding hydrogens is 189 g/mol. The third-order valence-corrected chi connectivity index (χ3v) is 2.78. The van der Waals surface area contributed by atoms with Crippen LogP contribution in [-0.2, 0) is 11.0 Å². The Morgan fingerprint density at radius 2 is 1.85 bits per heavy atom. The fourth-order valence-electron chi connectivity index (χ4n) is 0.752. The van der Waals surface area contributed by atoms with E-state index >= 15 is 0 Å². The van der Waals surface area contributed by atoms with Gasteiger partial charge in [0.1, 0.15) is 16.8 Å². The number of anilines is 1. The molecular formula is C9H12FNOS. The van der Waals surface area contributed by atoms with Crippen LogP contribution in [0.15, 0.2) is 24.3 Å². The molecule has 0 aromatic heterocycles. The van der Waals surface area contributed by atoms with E-state index < -0.39 is 11.0 Å². The summed E-state index contributed by atoms with van der Waals surface area (Å²) in [6.45, 7) is 3.71. The highest BCUT2D eigenvalue weighted by Gasteiger charge is 2.04. The summed E-state index contributed by atoms with van der Waals surface area (Å²) in [6, 6.07) is 5.80. The second-order valence-electron chi connectivity index (χ2n) is 2.96. The fraction of sp³-hybridized carbons (Fsp3) is 0.333. The molecule has 4 heteroatoms. The fourth-order valence-corrected chi connectivity index (χ4v) is 1.36. The number of benzene rings is 1. The van der Waals surface area contributed by atoms with Gasteiger partial charge in [0.25, 0.3) is 0 Å². The van der Waals surface area contributed by atoms with E-state index in [4.69, 9.17) is 0 Å². The van der Waals surface area contributed by atoms with Crippen LogP contribution in [-0.4, -0.2) is 9.46 Å². The lowest BCUT2D eigenvalue weighted by Crippen LogP contribution is -2.14. The minimum absolute atomic E-state index is 0.0463. The molecule has 1 aromatic rings. The van der Waals surface area contributed by atoms with Gasteiger partial charge in [-0.1, -0.05) is 0 Å². The molecule has 0 amide bonds. The van der Waals surface area contributed by atoms with Crippen LogP contribution in [0, 0.1) is 5.82 Å². The topological polar surface area (TPSA) is 29.1 Å². The third kappa shape index (κ3) is 3.14. The van der Waals surface area contributed by atoms with Gasteiger partial charge in [0.15, 0.2) is 0 Å². The minimum Gasteiger partial charge on any atom is -0.305 e. The summed E-state index contributed by atoms with van der Waals surface area (Å²) in [5.74, 6) is -0.291. The Labute approximate surface area is 79.8 Å². The van der Waals surface area contributed by atoms with Crippen molar-refractivity contribution >= 4 is 16.7 Å². The van der Waals surface area contributed by atoms with Crippen LogP contribution in [0.4, 0.5) is 10.1 Å². The molecule has 2 nitrogen and oxygen atoms in total. The molecule has 0 radical (unpaired) electrons. The highest BCUT2D eigenvalue weighted by Crippen LogP contribution is 2.10. The molecule has 0 saturated carbocycles. The molecule has 13 heavy (non-hydrogen) atoms. The lowest BCUT2D eigenvalue weighted by molar-refractivity contribution is 0.628. The Hall–Kier alpha value is -0.900. The van der Waals surface area contributed by atoms with Crippen molar-refractivity contribution in [2.45, 2.75) is 19.1 Å². The highest BCUT2D eigenvalue weighted by molar-refractivity contribution is 7.86. The molecule has 0 bridgehead atoms. The monoisotopic (exact) mass is 201 g/mol. The third-order valence-electron chi connectivity index (χ3n) is 1.49. The Kier molecular flexibility index (Phi) is 3.42. The van der Waals surface area contributed by atoms with E-state index in [0.29, 0.717) is 5.69 Å². The standard InChI is InChI=1S/C9H12FNOS/c1-7(2)13(12)11-9-5-3-8(10)4-6-9/h3-7,11H,1-2H3. The summed E-state index contributed by atoms with van der Waals surface area (Å²) in [5, 5.41) is 0.0463. The van der Waals surface area contributed by atoms with Crippen LogP contribution in [0.3, 0.4) is 0 Å². The second-order valence-corrected chi connectivity index (χ2v) is 4.70. The van der Waals surface area contributed by atoms with E-state index in [2.05, 4.69) is 4.72 Å². The molecule has 0 heterocycles. The van der Waals surface area contributed by atoms with Gasteiger partial charge in [0, 0.05) is 10.9 Å². The molecule has 1 aromatic carbocycles. The molecule has 72 valence electrons. The largest absolute Gasteiger partial charge is 0.305 e. The van der Waals surface area contributed by atoms with Gasteiger partial charge in [-0.15, -0.1) is 0 Å². The summed E-state index contributed by atoms with van der Waals surface area (Å²) in [5.41, 5.74) is 0.674. The summed E-state index contributed by atoms with van der Waals surface area (Å²) in [4.78, 5) is 0. The van der Waals surface area contributed by atoms with Crippen molar-refractivity contribution in [1.82, 2.24) is 0 Å². The number of rotatable bonds is 3. The van der Waals surface area contributed by atoms with Crippen LogP contribution in [0.25, 0.3) is 0 Å². The van der Waals surface area contributed by atoms with Crippen LogP contribution in [0.5, 0.6) is 0 Å². The number of hydrogen-bond acceptors (Lipinski definition) is 1. The predicted molar refractivity (Wildman–Crippen MR) is 53.3 cm³/mol. The smallest absolute Gasteiger partial charge is 0.123 e. The molecule has 0 spiro atoms. The van der Waals surface area contributed by atoms with Crippen LogP contribution in [0.1, 0.15) is 13.8 Å². The summed E-state index contributed by atoms with van der Waals surface area (Å²) >= 11 is 0. The quantitative estimate of drug-likeness (QED) is 0.798. The van der Waals surface area contributed by atoms with Gasteiger partial charge in [0.05, 0.1) is 0 Å². The molecule has 0 aliphatic heterocycles. The summed E-state index contributed by atoms with van der Waals surface area (Å²) in [6.07, 6.45) is 0. The van der Waals surface area contributed by atoms with Gasteiger partial charge in [0.2, 0.25) is 0 Å². The van der Waals surface area contributed by atoms with Crippen molar-refractivity contribution in [2.24, 2.45) is 0 Å². The van der Waals surface area contributed by atoms with Gasteiger partial charge in [-0.3, -0.25) is 0 Å². The van der Waals surface area contributed by atoms with Crippen molar-refractivity contribution in [3.63, 3.8) is 0 Å². The van der Waals surface area contributed by atoms with Gasteiger partial charge in [-0.25, -0.2) is 8.60 Å². The Morgan fingerprint density at radius 3 is 2.31 bits per heavy atom. The van der Waals surface area contributed by atoms with Crippen molar-refractivity contribution in [2.75, 3.05) is 4.72 Å². The van der Waals surface area contributed by atoms with E-state index in [1.54, 1.807) is 12.1 Å². The van der Waals surface area contributed by atoms with E-state index in [1.165, 1.54) is 12.1 Å². The first-order chi connectivity index (χ1) is 6.09. The number of hydrogen-bond donors (Lipinski definition) is 1. The molecule has 0 fully saturated rings. The maximum absolute atomic E-state index is 12.5. The van der Waals surface area contributed by atoms with E-state index in [-0.39, 0.29) is 11.1 Å². The first-order valence-electron chi connectivity index (χ1n) is 4.02. The summed E-state index contributed by atoms with van der Waals surface area (Å²) in [7, 11) is -1.10. The molecule has 0 aliphatic rings. The first-order valence-corrected chi connectivity index (χ1v) is 5.23. The predicted octanol–water partition coefficient (Wildman–Crippen LogP) is 2.31. The molecule has 1 N–H and O–H groups in total. The SMILES string of the molecule is CC(C)S(=O)Nc1ccc(F)cc1. The van der Waals surface area contributed by atoms with Crippen molar-refractivity contribution in [3.8, 4) is 0 Å². The van der Waals surface area contributed by atoms with E-state index in [0.717, 1.165) is 0 Å². The van der Waals surface area contributed by atoms with Crippen LogP contribution >= 0.6 is 0 Å². The molecule has 1 atom stereocenters. The number of halogens is 1. The first kappa shape index (κ1) is 10.2. The maximum Gasteiger partial charge on any atom is 0.123 e. The Bertz CT molecular complexity index is 297. The molecule has 0 saturated heterocycles. The average molecular weight is 201 g/mol. The van der Waals surface area contributed by atoms with Gasteiger partial charge >= 0.3 is 0 Å². The maximum atomic E-state index is 12.5.